The molecule has 2 aromatic heterocycles. The molecule has 0 radical (unpaired) electrons. The van der Waals surface area contributed by atoms with Crippen LogP contribution in [0.15, 0.2) is 54.9 Å². The van der Waals surface area contributed by atoms with Gasteiger partial charge in [-0.3, -0.25) is 9.69 Å². The molecule has 0 aliphatic carbocycles. The quantitative estimate of drug-likeness (QED) is 0.407. The van der Waals surface area contributed by atoms with E-state index >= 15 is 0 Å². The van der Waals surface area contributed by atoms with Gasteiger partial charge < -0.3 is 14.6 Å². The van der Waals surface area contributed by atoms with Crippen molar-refractivity contribution in [3.8, 4) is 28.6 Å². The van der Waals surface area contributed by atoms with E-state index in [2.05, 4.69) is 26.6 Å². The highest BCUT2D eigenvalue weighted by Crippen LogP contribution is 2.40. The van der Waals surface area contributed by atoms with Crippen molar-refractivity contribution < 1.29 is 22.7 Å². The number of amides is 1. The number of benzene rings is 2. The Kier molecular flexibility index (Phi) is 5.80. The number of aromatic nitrogens is 4. The first-order chi connectivity index (χ1) is 18.7. The number of aryl methyl sites for hydroxylation is 1. The molecule has 1 amide bonds. The molecule has 0 bridgehead atoms. The number of rotatable bonds is 5. The number of fused-ring (bicyclic) bond motifs is 1. The Morgan fingerprint density at radius 2 is 1.92 bits per heavy atom. The number of nitriles is 1. The van der Waals surface area contributed by atoms with E-state index in [1.807, 2.05) is 0 Å². The van der Waals surface area contributed by atoms with Gasteiger partial charge in [0.15, 0.2) is 5.82 Å². The minimum atomic E-state index is -4.60. The van der Waals surface area contributed by atoms with E-state index in [4.69, 9.17) is 4.74 Å². The third kappa shape index (κ3) is 4.36. The van der Waals surface area contributed by atoms with Gasteiger partial charge in [0.05, 0.1) is 43.0 Å². The number of hydrogen-bond donors (Lipinski definition) is 1. The second-order valence-corrected chi connectivity index (χ2v) is 9.34. The van der Waals surface area contributed by atoms with Gasteiger partial charge in [0, 0.05) is 18.2 Å². The van der Waals surface area contributed by atoms with Gasteiger partial charge in [0.1, 0.15) is 18.0 Å². The summed E-state index contributed by atoms with van der Waals surface area (Å²) >= 11 is 0. The fraction of sp³-hybridized carbons (Fsp3) is 0.222. The number of nitrogens with one attached hydrogen (secondary N) is 1. The van der Waals surface area contributed by atoms with E-state index < -0.39 is 17.6 Å². The first-order valence-corrected chi connectivity index (χ1v) is 12.0. The van der Waals surface area contributed by atoms with E-state index in [0.29, 0.717) is 47.1 Å². The maximum Gasteiger partial charge on any atom is 0.416 e. The largest absolute Gasteiger partial charge is 0.416 e. The van der Waals surface area contributed by atoms with Crippen LogP contribution in [0, 0.1) is 11.3 Å². The zero-order valence-electron chi connectivity index (χ0n) is 20.5. The maximum atomic E-state index is 13.7. The lowest BCUT2D eigenvalue weighted by Crippen LogP contribution is -2.40. The van der Waals surface area contributed by atoms with Gasteiger partial charge in [0.2, 0.25) is 0 Å². The Hall–Kier alpha value is -4.76. The van der Waals surface area contributed by atoms with Gasteiger partial charge >= 0.3 is 6.18 Å². The molecule has 2 aromatic carbocycles. The summed E-state index contributed by atoms with van der Waals surface area (Å²) in [5, 5.41) is 21.0. The molecule has 1 fully saturated rings. The number of pyridine rings is 1. The molecule has 39 heavy (non-hydrogen) atoms. The Balaban J connectivity index is 1.50. The topological polar surface area (TPSA) is 109 Å². The van der Waals surface area contributed by atoms with Gasteiger partial charge in [0.25, 0.3) is 5.91 Å². The third-order valence-electron chi connectivity index (χ3n) is 6.76. The van der Waals surface area contributed by atoms with Crippen LogP contribution in [0.25, 0.3) is 22.5 Å². The number of halogens is 3. The molecular weight excluding hydrogens is 511 g/mol. The molecule has 9 nitrogen and oxygen atoms in total. The van der Waals surface area contributed by atoms with Crippen molar-refractivity contribution in [2.24, 2.45) is 7.05 Å². The molecule has 2 aliphatic heterocycles. The molecule has 0 unspecified atom stereocenters. The van der Waals surface area contributed by atoms with Crippen molar-refractivity contribution in [3.63, 3.8) is 0 Å². The predicted molar refractivity (Wildman–Crippen MR) is 135 cm³/mol. The number of carbonyl (C=O) groups excluding carboxylic acids is 1. The van der Waals surface area contributed by atoms with Gasteiger partial charge in [-0.1, -0.05) is 6.07 Å². The van der Waals surface area contributed by atoms with E-state index in [1.54, 1.807) is 48.3 Å². The normalized spacial score (nSPS) is 15.2. The average molecular weight is 531 g/mol. The molecule has 0 saturated carbocycles. The summed E-state index contributed by atoms with van der Waals surface area (Å²) in [6, 6.07) is 14.3. The SMILES string of the molecule is Cn1cnnc1-c1ccc(C#N)cc1-c1cc(NC2COC2)nc(N2Cc3c(cccc3C(F)(F)F)C2=O)c1. The highest BCUT2D eigenvalue weighted by atomic mass is 19.4. The number of nitrogens with zero attached hydrogens (tertiary/aromatic N) is 6. The fourth-order valence-electron chi connectivity index (χ4n) is 4.77. The smallest absolute Gasteiger partial charge is 0.377 e. The molecule has 12 heteroatoms. The molecule has 1 N–H and O–H groups in total. The van der Waals surface area contributed by atoms with Crippen LogP contribution in [0.4, 0.5) is 24.8 Å². The zero-order chi connectivity index (χ0) is 27.3. The van der Waals surface area contributed by atoms with E-state index in [1.165, 1.54) is 17.0 Å². The lowest BCUT2D eigenvalue weighted by Gasteiger charge is -2.28. The minimum absolute atomic E-state index is 0.00689. The number of alkyl halides is 3. The van der Waals surface area contributed by atoms with Crippen LogP contribution in [0.5, 0.6) is 0 Å². The van der Waals surface area contributed by atoms with E-state index in [-0.39, 0.29) is 29.5 Å². The first kappa shape index (κ1) is 24.6. The number of carbonyl (C=O) groups is 1. The van der Waals surface area contributed by atoms with Gasteiger partial charge in [-0.05, 0) is 59.2 Å². The van der Waals surface area contributed by atoms with E-state index in [0.717, 1.165) is 6.07 Å². The summed E-state index contributed by atoms with van der Waals surface area (Å²) in [6.07, 6.45) is -3.05. The molecule has 4 heterocycles. The van der Waals surface area contributed by atoms with Crippen molar-refractivity contribution in [2.45, 2.75) is 18.8 Å². The van der Waals surface area contributed by atoms with Crippen LogP contribution in [-0.4, -0.2) is 44.9 Å². The van der Waals surface area contributed by atoms with Crippen molar-refractivity contribution in [2.75, 3.05) is 23.4 Å². The lowest BCUT2D eigenvalue weighted by atomic mass is 9.97. The second-order valence-electron chi connectivity index (χ2n) is 9.34. The van der Waals surface area contributed by atoms with Crippen molar-refractivity contribution in [1.82, 2.24) is 19.7 Å². The number of hydrogen-bond acceptors (Lipinski definition) is 7. The van der Waals surface area contributed by atoms with Crippen molar-refractivity contribution >= 4 is 17.5 Å². The van der Waals surface area contributed by atoms with Gasteiger partial charge in [-0.15, -0.1) is 10.2 Å². The molecule has 4 aromatic rings. The average Bonchev–Trinajstić information content (AvgIpc) is 3.48. The summed E-state index contributed by atoms with van der Waals surface area (Å²) in [6.45, 7) is 0.664. The monoisotopic (exact) mass is 531 g/mol. The third-order valence-corrected chi connectivity index (χ3v) is 6.76. The Bertz CT molecular complexity index is 1650. The zero-order valence-corrected chi connectivity index (χ0v) is 20.5. The van der Waals surface area contributed by atoms with Crippen LogP contribution in [-0.2, 0) is 24.5 Å². The van der Waals surface area contributed by atoms with Crippen LogP contribution in [0.3, 0.4) is 0 Å². The van der Waals surface area contributed by atoms with Gasteiger partial charge in [-0.2, -0.15) is 18.4 Å². The molecule has 6 rings (SSSR count). The van der Waals surface area contributed by atoms with Crippen LogP contribution < -0.4 is 10.2 Å². The summed E-state index contributed by atoms with van der Waals surface area (Å²) < 4.78 is 48.1. The van der Waals surface area contributed by atoms with Crippen LogP contribution in [0.2, 0.25) is 0 Å². The summed E-state index contributed by atoms with van der Waals surface area (Å²) in [4.78, 5) is 19.2. The first-order valence-electron chi connectivity index (χ1n) is 12.0. The number of anilines is 2. The Labute approximate surface area is 220 Å². The van der Waals surface area contributed by atoms with Crippen LogP contribution >= 0.6 is 0 Å². The summed E-state index contributed by atoms with van der Waals surface area (Å²) in [7, 11) is 1.79. The summed E-state index contributed by atoms with van der Waals surface area (Å²) in [5.41, 5.74) is 1.36. The number of ether oxygens (including phenoxy) is 1. The second kappa shape index (κ2) is 9.21. The molecule has 0 spiro atoms. The van der Waals surface area contributed by atoms with E-state index in [9.17, 15) is 23.2 Å². The Morgan fingerprint density at radius 1 is 1.10 bits per heavy atom. The predicted octanol–water partition coefficient (Wildman–Crippen LogP) is 4.41. The molecule has 196 valence electrons. The summed E-state index contributed by atoms with van der Waals surface area (Å²) in [5.74, 6) is 0.574. The molecular formula is C27H20F3N7O2. The highest BCUT2D eigenvalue weighted by molar-refractivity contribution is 6.10. The van der Waals surface area contributed by atoms with Crippen molar-refractivity contribution in [3.05, 3.63) is 77.1 Å². The Morgan fingerprint density at radius 3 is 2.59 bits per heavy atom. The van der Waals surface area contributed by atoms with Gasteiger partial charge in [-0.25, -0.2) is 4.98 Å². The standard InChI is InChI=1S/C27H20F3N7O2/c1-36-14-32-35-25(36)18-6-5-15(10-31)7-20(18)16-8-23(33-17-12-39-13-17)34-24(9-16)37-11-21-19(26(37)38)3-2-4-22(21)27(28,29)30/h2-9,14,17H,11-13H2,1H3,(H,33,34). The minimum Gasteiger partial charge on any atom is -0.377 e. The molecule has 2 aliphatic rings. The maximum absolute atomic E-state index is 13.7. The molecule has 0 atom stereocenters. The van der Waals surface area contributed by atoms with Crippen LogP contribution in [0.1, 0.15) is 27.0 Å². The fourth-order valence-corrected chi connectivity index (χ4v) is 4.77. The highest BCUT2D eigenvalue weighted by Gasteiger charge is 2.40. The molecule has 1 saturated heterocycles. The lowest BCUT2D eigenvalue weighted by molar-refractivity contribution is -0.138. The van der Waals surface area contributed by atoms with Crippen molar-refractivity contribution in [1.29, 1.82) is 5.26 Å².